The van der Waals surface area contributed by atoms with Crippen molar-refractivity contribution in [3.05, 3.63) is 178 Å². The van der Waals surface area contributed by atoms with Crippen molar-refractivity contribution in [3.63, 3.8) is 0 Å². The second kappa shape index (κ2) is 11.7. The van der Waals surface area contributed by atoms with Crippen molar-refractivity contribution in [3.8, 4) is 81.8 Å². The first-order valence-corrected chi connectivity index (χ1v) is 17.8. The molecule has 2 aliphatic heterocycles. The van der Waals surface area contributed by atoms with Crippen LogP contribution in [-0.4, -0.2) is 0 Å². The molecule has 0 saturated heterocycles. The molecule has 2 heterocycles. The number of halogens is 4. The summed E-state index contributed by atoms with van der Waals surface area (Å²) in [7, 11) is 0. The van der Waals surface area contributed by atoms with Crippen LogP contribution in [0.15, 0.2) is 121 Å². The number of hydrogen-bond donors (Lipinski definition) is 0. The first-order valence-electron chi connectivity index (χ1n) is 17.8. The Labute approximate surface area is 322 Å². The topological polar surface area (TPSA) is 36.9 Å². The average Bonchev–Trinajstić information content (AvgIpc) is 3.54. The van der Waals surface area contributed by atoms with E-state index in [9.17, 15) is 8.78 Å². The quantitative estimate of drug-likeness (QED) is 0.130. The van der Waals surface area contributed by atoms with Gasteiger partial charge in [-0.2, -0.15) is 0 Å². The molecule has 8 aromatic carbocycles. The molecule has 0 unspecified atom stereocenters. The lowest BCUT2D eigenvalue weighted by atomic mass is 9.67. The monoisotopic (exact) mass is 750 g/mol. The van der Waals surface area contributed by atoms with Crippen molar-refractivity contribution >= 4 is 21.5 Å². The van der Waals surface area contributed by atoms with Gasteiger partial charge in [-0.05, 0) is 103 Å². The van der Waals surface area contributed by atoms with Crippen LogP contribution in [0.5, 0.6) is 46.0 Å². The van der Waals surface area contributed by atoms with Crippen LogP contribution in [0.3, 0.4) is 0 Å². The minimum Gasteiger partial charge on any atom is -0.446 e. The molecule has 270 valence electrons. The minimum atomic E-state index is -0.889. The number of rotatable bonds is 2. The zero-order valence-corrected chi connectivity index (χ0v) is 29.3. The lowest BCUT2D eigenvalue weighted by Crippen LogP contribution is -2.28. The summed E-state index contributed by atoms with van der Waals surface area (Å²) in [6.07, 6.45) is 10.9. The van der Waals surface area contributed by atoms with E-state index in [-0.39, 0.29) is 45.6 Å². The highest BCUT2D eigenvalue weighted by Gasteiger charge is 2.46. The second-order valence-corrected chi connectivity index (χ2v) is 14.0. The van der Waals surface area contributed by atoms with Crippen molar-refractivity contribution in [2.24, 2.45) is 0 Å². The minimum absolute atomic E-state index is 0.200. The van der Waals surface area contributed by atoms with E-state index >= 15 is 8.78 Å². The molecule has 0 atom stereocenters. The molecule has 0 aromatic heterocycles. The predicted octanol–water partition coefficient (Wildman–Crippen LogP) is 12.7. The Morgan fingerprint density at radius 1 is 0.421 bits per heavy atom. The van der Waals surface area contributed by atoms with Crippen molar-refractivity contribution in [2.45, 2.75) is 5.41 Å². The van der Waals surface area contributed by atoms with Gasteiger partial charge < -0.3 is 18.9 Å². The van der Waals surface area contributed by atoms with E-state index in [1.807, 2.05) is 36.4 Å². The summed E-state index contributed by atoms with van der Waals surface area (Å²) in [5, 5.41) is 3.07. The summed E-state index contributed by atoms with van der Waals surface area (Å²) in [5.41, 5.74) is 4.64. The van der Waals surface area contributed by atoms with E-state index in [0.717, 1.165) is 67.1 Å². The fraction of sp³-hybridized carbons (Fsp3) is 0.0204. The predicted molar refractivity (Wildman–Crippen MR) is 208 cm³/mol. The molecule has 4 nitrogen and oxygen atoms in total. The molecule has 11 rings (SSSR count). The van der Waals surface area contributed by atoms with Crippen LogP contribution in [0.4, 0.5) is 17.6 Å². The molecule has 57 heavy (non-hydrogen) atoms. The average molecular weight is 751 g/mol. The van der Waals surface area contributed by atoms with Gasteiger partial charge in [0.1, 0.15) is 0 Å². The van der Waals surface area contributed by atoms with Crippen LogP contribution < -0.4 is 18.9 Å². The highest BCUT2D eigenvalue weighted by Crippen LogP contribution is 2.58. The van der Waals surface area contributed by atoms with Gasteiger partial charge in [-0.25, -0.2) is 17.6 Å². The molecule has 1 aliphatic carbocycles. The number of hydrogen-bond acceptors (Lipinski definition) is 4. The van der Waals surface area contributed by atoms with Crippen molar-refractivity contribution in [2.75, 3.05) is 0 Å². The first kappa shape index (κ1) is 32.7. The Balaban J connectivity index is 1.11. The highest BCUT2D eigenvalue weighted by molar-refractivity contribution is 5.93. The summed E-state index contributed by atoms with van der Waals surface area (Å²) in [6, 6.07) is 37.4. The van der Waals surface area contributed by atoms with Crippen molar-refractivity contribution in [1.82, 2.24) is 0 Å². The van der Waals surface area contributed by atoms with E-state index in [1.165, 1.54) is 0 Å². The van der Waals surface area contributed by atoms with Gasteiger partial charge in [0.05, 0.1) is 16.5 Å². The summed E-state index contributed by atoms with van der Waals surface area (Å²) in [6.45, 7) is 0. The molecule has 0 fully saturated rings. The molecule has 0 spiro atoms. The lowest BCUT2D eigenvalue weighted by Gasteiger charge is -2.34. The summed E-state index contributed by atoms with van der Waals surface area (Å²) in [4.78, 5) is 0. The third-order valence-corrected chi connectivity index (χ3v) is 11.0. The Hall–Kier alpha value is -7.68. The molecule has 0 N–H and O–H groups in total. The highest BCUT2D eigenvalue weighted by atomic mass is 19.1. The third kappa shape index (κ3) is 4.47. The van der Waals surface area contributed by atoms with Gasteiger partial charge in [0.2, 0.25) is 23.0 Å². The molecule has 3 aliphatic rings. The molecule has 8 heteroatoms. The van der Waals surface area contributed by atoms with E-state index in [0.29, 0.717) is 0 Å². The van der Waals surface area contributed by atoms with Crippen molar-refractivity contribution in [1.29, 1.82) is 0 Å². The Bertz CT molecular complexity index is 3010. The van der Waals surface area contributed by atoms with E-state index < -0.39 is 40.2 Å². The fourth-order valence-corrected chi connectivity index (χ4v) is 8.52. The van der Waals surface area contributed by atoms with Gasteiger partial charge in [-0.15, -0.1) is 12.8 Å². The Morgan fingerprint density at radius 3 is 1.23 bits per heavy atom. The zero-order chi connectivity index (χ0) is 38.7. The Kier molecular flexibility index (Phi) is 6.70. The third-order valence-electron chi connectivity index (χ3n) is 11.0. The zero-order valence-electron chi connectivity index (χ0n) is 29.3. The van der Waals surface area contributed by atoms with Crippen molar-refractivity contribution < 1.29 is 36.5 Å². The van der Waals surface area contributed by atoms with Gasteiger partial charge in [0, 0.05) is 0 Å². The van der Waals surface area contributed by atoms with Crippen LogP contribution in [0.1, 0.15) is 33.4 Å². The SMILES string of the molecule is C#Cc1cc(F)c2c(c1F)Oc1cc3cc(C4(c5ccc6cc7c(cc6c5)Oc5c(F)c(C#C)cc(F)c5O7)c5ccccc5-c5ccccc54)ccc3cc1O2. The molecule has 0 saturated carbocycles. The van der Waals surface area contributed by atoms with Crippen LogP contribution >= 0.6 is 0 Å². The van der Waals surface area contributed by atoms with Gasteiger partial charge in [0.25, 0.3) is 0 Å². The number of fused-ring (bicyclic) bond motifs is 9. The van der Waals surface area contributed by atoms with Gasteiger partial charge >= 0.3 is 0 Å². The smallest absolute Gasteiger partial charge is 0.210 e. The van der Waals surface area contributed by atoms with Gasteiger partial charge in [-0.3, -0.25) is 0 Å². The van der Waals surface area contributed by atoms with Crippen LogP contribution in [0, 0.1) is 48.0 Å². The van der Waals surface area contributed by atoms with E-state index in [2.05, 4.69) is 60.4 Å². The van der Waals surface area contributed by atoms with Crippen LogP contribution in [0.25, 0.3) is 32.7 Å². The van der Waals surface area contributed by atoms with Crippen LogP contribution in [-0.2, 0) is 5.41 Å². The molecular weight excluding hydrogens is 729 g/mol. The fourth-order valence-electron chi connectivity index (χ4n) is 8.52. The summed E-state index contributed by atoms with van der Waals surface area (Å²) in [5.74, 6) is 0.140. The summed E-state index contributed by atoms with van der Waals surface area (Å²) >= 11 is 0. The number of benzene rings is 8. The number of ether oxygens (including phenoxy) is 4. The number of terminal acetylenes is 2. The first-order chi connectivity index (χ1) is 27.8. The maximum Gasteiger partial charge on any atom is 0.210 e. The largest absolute Gasteiger partial charge is 0.446 e. The standard InChI is InChI=1S/C49H22F4O4/c1-3-25-19-37(50)45-47(43(25)52)56-41-23-29-17-31(15-13-27(29)21-39(41)54-45)49(35-11-7-5-9-33(35)34-10-6-8-12-36(34)49)32-16-14-28-22-40-42(24-30(28)18-32)57-48-44(53)26(4-2)20-38(51)46(48)55-40/h1-2,5-24H. The van der Waals surface area contributed by atoms with Gasteiger partial charge in [0.15, 0.2) is 46.3 Å². The lowest BCUT2D eigenvalue weighted by molar-refractivity contribution is 0.327. The summed E-state index contributed by atoms with van der Waals surface area (Å²) < 4.78 is 84.1. The van der Waals surface area contributed by atoms with Crippen LogP contribution in [0.2, 0.25) is 0 Å². The van der Waals surface area contributed by atoms with Gasteiger partial charge in [-0.1, -0.05) is 84.6 Å². The molecule has 0 bridgehead atoms. The second-order valence-electron chi connectivity index (χ2n) is 14.0. The molecule has 8 aromatic rings. The molecule has 0 amide bonds. The maximum absolute atomic E-state index is 15.3. The van der Waals surface area contributed by atoms with E-state index in [4.69, 9.17) is 31.8 Å². The Morgan fingerprint density at radius 2 is 0.807 bits per heavy atom. The maximum atomic E-state index is 15.3. The van der Waals surface area contributed by atoms with E-state index in [1.54, 1.807) is 24.3 Å². The normalized spacial score (nSPS) is 13.6. The molecule has 0 radical (unpaired) electrons. The molecular formula is C49H22F4O4.